The SMILES string of the molecule is CCc1cccc(Oc2ccc(COc3ccc(C(C)=O)cc3C)cc2)c1. The van der Waals surface area contributed by atoms with Crippen molar-refractivity contribution in [2.24, 2.45) is 0 Å². The minimum atomic E-state index is 0.0599. The van der Waals surface area contributed by atoms with E-state index in [1.807, 2.05) is 55.5 Å². The molecule has 0 unspecified atom stereocenters. The van der Waals surface area contributed by atoms with Crippen molar-refractivity contribution in [1.29, 1.82) is 0 Å². The highest BCUT2D eigenvalue weighted by Crippen LogP contribution is 2.24. The van der Waals surface area contributed by atoms with Crippen LogP contribution in [0.2, 0.25) is 0 Å². The Balaban J connectivity index is 1.61. The molecular weight excluding hydrogens is 336 g/mol. The van der Waals surface area contributed by atoms with Crippen LogP contribution in [-0.4, -0.2) is 5.78 Å². The first kappa shape index (κ1) is 18.7. The zero-order valence-electron chi connectivity index (χ0n) is 16.0. The first-order valence-electron chi connectivity index (χ1n) is 9.15. The smallest absolute Gasteiger partial charge is 0.159 e. The number of carbonyl (C=O) groups excluding carboxylic acids is 1. The molecule has 0 amide bonds. The quantitative estimate of drug-likeness (QED) is 0.475. The molecule has 0 saturated heterocycles. The van der Waals surface area contributed by atoms with Crippen molar-refractivity contribution >= 4 is 5.78 Å². The third-order valence-electron chi connectivity index (χ3n) is 4.44. The van der Waals surface area contributed by atoms with E-state index in [2.05, 4.69) is 19.1 Å². The number of Topliss-reactive ketones (excluding diaryl/α,β-unsaturated/α-hetero) is 1. The third kappa shape index (κ3) is 4.98. The van der Waals surface area contributed by atoms with Gasteiger partial charge in [0.15, 0.2) is 5.78 Å². The van der Waals surface area contributed by atoms with Crippen LogP contribution < -0.4 is 9.47 Å². The Kier molecular flexibility index (Phi) is 5.92. The molecule has 0 saturated carbocycles. The van der Waals surface area contributed by atoms with Crippen LogP contribution in [-0.2, 0) is 13.0 Å². The molecule has 0 atom stereocenters. The van der Waals surface area contributed by atoms with Crippen molar-refractivity contribution in [2.45, 2.75) is 33.8 Å². The summed E-state index contributed by atoms with van der Waals surface area (Å²) in [6.45, 7) is 6.11. The van der Waals surface area contributed by atoms with E-state index in [1.54, 1.807) is 13.0 Å². The molecule has 0 radical (unpaired) electrons. The number of carbonyl (C=O) groups is 1. The van der Waals surface area contributed by atoms with Crippen LogP contribution in [0.4, 0.5) is 0 Å². The van der Waals surface area contributed by atoms with Gasteiger partial charge >= 0.3 is 0 Å². The highest BCUT2D eigenvalue weighted by molar-refractivity contribution is 5.94. The topological polar surface area (TPSA) is 35.5 Å². The maximum Gasteiger partial charge on any atom is 0.159 e. The Labute approximate surface area is 160 Å². The molecule has 3 nitrogen and oxygen atoms in total. The summed E-state index contributed by atoms with van der Waals surface area (Å²) in [5.74, 6) is 2.50. The maximum absolute atomic E-state index is 11.4. The Hall–Kier alpha value is -3.07. The predicted octanol–water partition coefficient (Wildman–Crippen LogP) is 6.13. The van der Waals surface area contributed by atoms with Gasteiger partial charge in [-0.05, 0) is 79.4 Å². The third-order valence-corrected chi connectivity index (χ3v) is 4.44. The largest absolute Gasteiger partial charge is 0.489 e. The molecule has 0 spiro atoms. The molecule has 138 valence electrons. The molecule has 0 aliphatic rings. The van der Waals surface area contributed by atoms with Crippen molar-refractivity contribution in [3.63, 3.8) is 0 Å². The van der Waals surface area contributed by atoms with Crippen molar-refractivity contribution in [2.75, 3.05) is 0 Å². The average Bonchev–Trinajstić information content (AvgIpc) is 2.68. The summed E-state index contributed by atoms with van der Waals surface area (Å²) in [4.78, 5) is 11.4. The lowest BCUT2D eigenvalue weighted by atomic mass is 10.1. The highest BCUT2D eigenvalue weighted by atomic mass is 16.5. The van der Waals surface area contributed by atoms with E-state index < -0.39 is 0 Å². The van der Waals surface area contributed by atoms with Crippen molar-refractivity contribution in [3.8, 4) is 17.2 Å². The summed E-state index contributed by atoms with van der Waals surface area (Å²) in [6.07, 6.45) is 0.986. The van der Waals surface area contributed by atoms with Gasteiger partial charge in [0.2, 0.25) is 0 Å². The number of ether oxygens (including phenoxy) is 2. The van der Waals surface area contributed by atoms with E-state index in [-0.39, 0.29) is 5.78 Å². The van der Waals surface area contributed by atoms with Crippen molar-refractivity contribution in [1.82, 2.24) is 0 Å². The zero-order valence-corrected chi connectivity index (χ0v) is 16.0. The molecule has 3 aromatic rings. The first-order valence-corrected chi connectivity index (χ1v) is 9.15. The lowest BCUT2D eigenvalue weighted by molar-refractivity contribution is 0.101. The molecular formula is C24H24O3. The summed E-state index contributed by atoms with van der Waals surface area (Å²) in [5.41, 5.74) is 3.97. The average molecular weight is 360 g/mol. The fourth-order valence-electron chi connectivity index (χ4n) is 2.81. The Morgan fingerprint density at radius 2 is 1.67 bits per heavy atom. The van der Waals surface area contributed by atoms with Gasteiger partial charge < -0.3 is 9.47 Å². The van der Waals surface area contributed by atoms with Crippen LogP contribution >= 0.6 is 0 Å². The van der Waals surface area contributed by atoms with Crippen LogP contribution in [0.1, 0.15) is 40.9 Å². The van der Waals surface area contributed by atoms with Crippen molar-refractivity contribution in [3.05, 3.63) is 89.0 Å². The number of benzene rings is 3. The number of ketones is 1. The second-order valence-electron chi connectivity index (χ2n) is 6.57. The molecule has 27 heavy (non-hydrogen) atoms. The number of hydrogen-bond donors (Lipinski definition) is 0. The van der Waals surface area contributed by atoms with Gasteiger partial charge in [-0.2, -0.15) is 0 Å². The second kappa shape index (κ2) is 8.54. The van der Waals surface area contributed by atoms with Crippen LogP contribution in [0.5, 0.6) is 17.2 Å². The van der Waals surface area contributed by atoms with Crippen LogP contribution in [0.25, 0.3) is 0 Å². The van der Waals surface area contributed by atoms with Gasteiger partial charge in [0.1, 0.15) is 23.9 Å². The molecule has 3 rings (SSSR count). The molecule has 3 aromatic carbocycles. The number of aryl methyl sites for hydroxylation is 2. The number of rotatable bonds is 7. The molecule has 0 aliphatic heterocycles. The standard InChI is InChI=1S/C24H24O3/c1-4-19-6-5-7-23(15-19)27-22-11-8-20(9-12-22)16-26-24-13-10-21(18(3)25)14-17(24)2/h5-15H,4,16H2,1-3H3. The van der Waals surface area contributed by atoms with E-state index in [0.717, 1.165) is 34.8 Å². The number of hydrogen-bond acceptors (Lipinski definition) is 3. The van der Waals surface area contributed by atoms with E-state index in [4.69, 9.17) is 9.47 Å². The van der Waals surface area contributed by atoms with Gasteiger partial charge in [-0.3, -0.25) is 4.79 Å². The summed E-state index contributed by atoms with van der Waals surface area (Å²) < 4.78 is 11.8. The lowest BCUT2D eigenvalue weighted by Crippen LogP contribution is -1.99. The highest BCUT2D eigenvalue weighted by Gasteiger charge is 2.05. The van der Waals surface area contributed by atoms with Crippen LogP contribution in [0.3, 0.4) is 0 Å². The summed E-state index contributed by atoms with van der Waals surface area (Å²) in [7, 11) is 0. The lowest BCUT2D eigenvalue weighted by Gasteiger charge is -2.11. The summed E-state index contributed by atoms with van der Waals surface area (Å²) in [5, 5.41) is 0. The molecule has 0 aromatic heterocycles. The van der Waals surface area contributed by atoms with E-state index >= 15 is 0 Å². The van der Waals surface area contributed by atoms with Gasteiger partial charge in [0.25, 0.3) is 0 Å². The summed E-state index contributed by atoms with van der Waals surface area (Å²) >= 11 is 0. The zero-order chi connectivity index (χ0) is 19.2. The van der Waals surface area contributed by atoms with Crippen LogP contribution in [0, 0.1) is 6.92 Å². The molecule has 0 aliphatic carbocycles. The van der Waals surface area contributed by atoms with Crippen molar-refractivity contribution < 1.29 is 14.3 Å². The Bertz CT molecular complexity index is 927. The van der Waals surface area contributed by atoms with Gasteiger partial charge in [-0.1, -0.05) is 31.2 Å². The minimum absolute atomic E-state index is 0.0599. The van der Waals surface area contributed by atoms with E-state index in [9.17, 15) is 4.79 Å². The van der Waals surface area contributed by atoms with E-state index in [0.29, 0.717) is 12.2 Å². The molecule has 0 bridgehead atoms. The predicted molar refractivity (Wildman–Crippen MR) is 108 cm³/mol. The van der Waals surface area contributed by atoms with Gasteiger partial charge in [0, 0.05) is 5.56 Å². The van der Waals surface area contributed by atoms with Gasteiger partial charge in [-0.15, -0.1) is 0 Å². The molecule has 3 heteroatoms. The Morgan fingerprint density at radius 1 is 0.889 bits per heavy atom. The van der Waals surface area contributed by atoms with E-state index in [1.165, 1.54) is 5.56 Å². The maximum atomic E-state index is 11.4. The monoisotopic (exact) mass is 360 g/mol. The Morgan fingerprint density at radius 3 is 2.33 bits per heavy atom. The fraction of sp³-hybridized carbons (Fsp3) is 0.208. The molecule has 0 fully saturated rings. The summed E-state index contributed by atoms with van der Waals surface area (Å²) in [6, 6.07) is 21.5. The molecule has 0 heterocycles. The second-order valence-corrected chi connectivity index (χ2v) is 6.57. The fourth-order valence-corrected chi connectivity index (χ4v) is 2.81. The normalized spacial score (nSPS) is 10.5. The molecule has 0 N–H and O–H groups in total. The van der Waals surface area contributed by atoms with Gasteiger partial charge in [0.05, 0.1) is 0 Å². The first-order chi connectivity index (χ1) is 13.0. The van der Waals surface area contributed by atoms with Crippen LogP contribution in [0.15, 0.2) is 66.7 Å². The minimum Gasteiger partial charge on any atom is -0.489 e. The van der Waals surface area contributed by atoms with Gasteiger partial charge in [-0.25, -0.2) is 0 Å².